The minimum Gasteiger partial charge on any atom is -0.454 e. The number of hydrogen-bond acceptors (Lipinski definition) is 3. The lowest BCUT2D eigenvalue weighted by Gasteiger charge is -2.05. The number of likely N-dealkylation sites (N-methyl/N-ethyl adjacent to an activating group) is 1. The number of ether oxygens (including phenoxy) is 2. The molecule has 1 N–H and O–H groups in total. The Labute approximate surface area is 142 Å². The maximum absolute atomic E-state index is 11.4. The second kappa shape index (κ2) is 7.86. The Morgan fingerprint density at radius 3 is 2.29 bits per heavy atom. The molecule has 0 saturated heterocycles. The van der Waals surface area contributed by atoms with E-state index in [-0.39, 0.29) is 5.91 Å². The predicted molar refractivity (Wildman–Crippen MR) is 93.4 cm³/mol. The molecule has 0 saturated carbocycles. The van der Waals surface area contributed by atoms with E-state index in [1.165, 1.54) is 11.1 Å². The van der Waals surface area contributed by atoms with Crippen molar-refractivity contribution in [2.45, 2.75) is 32.1 Å². The van der Waals surface area contributed by atoms with Gasteiger partial charge in [-0.05, 0) is 54.5 Å². The number of nitrogens with one attached hydrogen (secondary N) is 1. The van der Waals surface area contributed by atoms with Gasteiger partial charge in [0.2, 0.25) is 12.7 Å². The van der Waals surface area contributed by atoms with Crippen LogP contribution in [0.1, 0.15) is 29.5 Å². The zero-order chi connectivity index (χ0) is 16.8. The van der Waals surface area contributed by atoms with Crippen LogP contribution in [-0.4, -0.2) is 19.7 Å². The van der Waals surface area contributed by atoms with E-state index in [2.05, 4.69) is 29.6 Å². The normalized spacial score (nSPS) is 12.2. The van der Waals surface area contributed by atoms with Crippen LogP contribution in [0.25, 0.3) is 0 Å². The van der Waals surface area contributed by atoms with E-state index in [1.54, 1.807) is 7.05 Å². The number of amides is 1. The molecule has 1 heterocycles. The van der Waals surface area contributed by atoms with Gasteiger partial charge in [-0.15, -0.1) is 0 Å². The molecule has 0 aromatic heterocycles. The first-order chi connectivity index (χ1) is 11.7. The van der Waals surface area contributed by atoms with E-state index in [4.69, 9.17) is 9.47 Å². The third-order valence-corrected chi connectivity index (χ3v) is 4.28. The summed E-state index contributed by atoms with van der Waals surface area (Å²) in [4.78, 5) is 11.4. The smallest absolute Gasteiger partial charge is 0.231 e. The Balaban J connectivity index is 1.42. The Morgan fingerprint density at radius 2 is 1.54 bits per heavy atom. The molecule has 2 aromatic rings. The van der Waals surface area contributed by atoms with Crippen molar-refractivity contribution in [3.63, 3.8) is 0 Å². The van der Waals surface area contributed by atoms with Crippen LogP contribution in [-0.2, 0) is 24.1 Å². The Hall–Kier alpha value is -2.49. The van der Waals surface area contributed by atoms with E-state index in [9.17, 15) is 4.79 Å². The Morgan fingerprint density at radius 1 is 0.917 bits per heavy atom. The van der Waals surface area contributed by atoms with Gasteiger partial charge in [0.05, 0.1) is 6.42 Å². The minimum atomic E-state index is 0.0477. The highest BCUT2D eigenvalue weighted by atomic mass is 16.7. The van der Waals surface area contributed by atoms with Gasteiger partial charge in [-0.3, -0.25) is 4.79 Å². The van der Waals surface area contributed by atoms with Gasteiger partial charge >= 0.3 is 0 Å². The lowest BCUT2D eigenvalue weighted by Crippen LogP contribution is -2.19. The maximum Gasteiger partial charge on any atom is 0.231 e. The second-order valence-electron chi connectivity index (χ2n) is 6.06. The van der Waals surface area contributed by atoms with Crippen LogP contribution in [0.3, 0.4) is 0 Å². The summed E-state index contributed by atoms with van der Waals surface area (Å²) < 4.78 is 10.7. The van der Waals surface area contributed by atoms with Gasteiger partial charge in [-0.25, -0.2) is 0 Å². The molecule has 0 unspecified atom stereocenters. The molecule has 0 fully saturated rings. The molecule has 2 aromatic carbocycles. The number of hydrogen-bond donors (Lipinski definition) is 1. The first-order valence-corrected chi connectivity index (χ1v) is 8.41. The highest BCUT2D eigenvalue weighted by Gasteiger charge is 2.12. The summed E-state index contributed by atoms with van der Waals surface area (Å²) in [5, 5.41) is 2.65. The van der Waals surface area contributed by atoms with Gasteiger partial charge < -0.3 is 14.8 Å². The molecule has 0 spiro atoms. The molecule has 0 atom stereocenters. The van der Waals surface area contributed by atoms with Crippen LogP contribution in [0.4, 0.5) is 0 Å². The van der Waals surface area contributed by atoms with Crippen molar-refractivity contribution < 1.29 is 14.3 Å². The molecule has 0 bridgehead atoms. The molecule has 1 aliphatic heterocycles. The summed E-state index contributed by atoms with van der Waals surface area (Å²) in [7, 11) is 1.66. The highest BCUT2D eigenvalue weighted by Crippen LogP contribution is 2.32. The summed E-state index contributed by atoms with van der Waals surface area (Å²) >= 11 is 0. The third-order valence-electron chi connectivity index (χ3n) is 4.28. The summed E-state index contributed by atoms with van der Waals surface area (Å²) in [6, 6.07) is 14.5. The topological polar surface area (TPSA) is 47.6 Å². The van der Waals surface area contributed by atoms with E-state index >= 15 is 0 Å². The molecule has 0 radical (unpaired) electrons. The molecule has 4 nitrogen and oxygen atoms in total. The van der Waals surface area contributed by atoms with Crippen LogP contribution in [0, 0.1) is 0 Å². The van der Waals surface area contributed by atoms with Crippen LogP contribution in [0.5, 0.6) is 11.5 Å². The molecule has 126 valence electrons. The molecular formula is C20H23NO3. The monoisotopic (exact) mass is 325 g/mol. The summed E-state index contributed by atoms with van der Waals surface area (Å²) in [5.41, 5.74) is 3.67. The van der Waals surface area contributed by atoms with Gasteiger partial charge in [-0.1, -0.05) is 30.3 Å². The average molecular weight is 325 g/mol. The van der Waals surface area contributed by atoms with Crippen LogP contribution >= 0.6 is 0 Å². The predicted octanol–water partition coefficient (Wildman–Crippen LogP) is 3.27. The fourth-order valence-electron chi connectivity index (χ4n) is 2.85. The lowest BCUT2D eigenvalue weighted by molar-refractivity contribution is -0.119. The number of carbonyl (C=O) groups excluding carboxylic acids is 1. The fourth-order valence-corrected chi connectivity index (χ4v) is 2.85. The summed E-state index contributed by atoms with van der Waals surface area (Å²) in [6.07, 6.45) is 4.83. The fraction of sp³-hybridized carbons (Fsp3) is 0.350. The Bertz CT molecular complexity index is 695. The van der Waals surface area contributed by atoms with Gasteiger partial charge in [0, 0.05) is 7.05 Å². The van der Waals surface area contributed by atoms with Crippen molar-refractivity contribution in [3.8, 4) is 11.5 Å². The number of unbranched alkanes of at least 4 members (excludes halogenated alkanes) is 1. The summed E-state index contributed by atoms with van der Waals surface area (Å²) in [5.74, 6) is 1.75. The van der Waals surface area contributed by atoms with E-state index in [0.717, 1.165) is 42.7 Å². The van der Waals surface area contributed by atoms with Crippen LogP contribution in [0.2, 0.25) is 0 Å². The molecule has 4 heteroatoms. The van der Waals surface area contributed by atoms with Crippen LogP contribution in [0.15, 0.2) is 42.5 Å². The second-order valence-corrected chi connectivity index (χ2v) is 6.06. The molecule has 24 heavy (non-hydrogen) atoms. The maximum atomic E-state index is 11.4. The number of fused-ring (bicyclic) bond motifs is 1. The molecule has 0 aliphatic carbocycles. The molecular weight excluding hydrogens is 302 g/mol. The van der Waals surface area contributed by atoms with Crippen molar-refractivity contribution in [1.29, 1.82) is 0 Å². The van der Waals surface area contributed by atoms with Crippen molar-refractivity contribution in [1.82, 2.24) is 5.32 Å². The molecule has 1 amide bonds. The quantitative estimate of drug-likeness (QED) is 0.795. The van der Waals surface area contributed by atoms with Gasteiger partial charge in [-0.2, -0.15) is 0 Å². The zero-order valence-electron chi connectivity index (χ0n) is 14.0. The first-order valence-electron chi connectivity index (χ1n) is 8.41. The van der Waals surface area contributed by atoms with E-state index in [1.807, 2.05) is 18.2 Å². The number of carbonyl (C=O) groups is 1. The highest BCUT2D eigenvalue weighted by molar-refractivity contribution is 5.78. The number of aryl methyl sites for hydroxylation is 2. The van der Waals surface area contributed by atoms with Crippen molar-refractivity contribution in [2.24, 2.45) is 0 Å². The minimum absolute atomic E-state index is 0.0477. The third kappa shape index (κ3) is 4.28. The number of rotatable bonds is 7. The first kappa shape index (κ1) is 16.4. The van der Waals surface area contributed by atoms with Gasteiger partial charge in [0.1, 0.15) is 0 Å². The van der Waals surface area contributed by atoms with Crippen molar-refractivity contribution >= 4 is 5.91 Å². The van der Waals surface area contributed by atoms with Crippen molar-refractivity contribution in [3.05, 3.63) is 59.2 Å². The van der Waals surface area contributed by atoms with E-state index in [0.29, 0.717) is 13.2 Å². The standard InChI is InChI=1S/C20H23NO3/c1-21-20(22)13-17-8-6-15(7-9-17)4-2-3-5-16-10-11-18-19(12-16)24-14-23-18/h6-12H,2-5,13-14H2,1H3,(H,21,22). The largest absolute Gasteiger partial charge is 0.454 e. The Kier molecular flexibility index (Phi) is 5.36. The van der Waals surface area contributed by atoms with Crippen molar-refractivity contribution in [2.75, 3.05) is 13.8 Å². The lowest BCUT2D eigenvalue weighted by atomic mass is 10.0. The summed E-state index contributed by atoms with van der Waals surface area (Å²) in [6.45, 7) is 0.328. The van der Waals surface area contributed by atoms with Gasteiger partial charge in [0.25, 0.3) is 0 Å². The van der Waals surface area contributed by atoms with Crippen LogP contribution < -0.4 is 14.8 Å². The SMILES string of the molecule is CNC(=O)Cc1ccc(CCCCc2ccc3c(c2)OCO3)cc1. The molecule has 3 rings (SSSR count). The van der Waals surface area contributed by atoms with E-state index < -0.39 is 0 Å². The average Bonchev–Trinajstić information content (AvgIpc) is 3.07. The molecule has 1 aliphatic rings. The van der Waals surface area contributed by atoms with Gasteiger partial charge in [0.15, 0.2) is 11.5 Å². The zero-order valence-corrected chi connectivity index (χ0v) is 14.0. The number of benzene rings is 2.